The largest absolute Gasteiger partial charge is 0.326 e. The van der Waals surface area contributed by atoms with E-state index in [9.17, 15) is 0 Å². The maximum atomic E-state index is 4.54. The van der Waals surface area contributed by atoms with Crippen LogP contribution in [0.1, 0.15) is 17.8 Å². The Morgan fingerprint density at radius 1 is 1.22 bits per heavy atom. The number of rotatable bonds is 1. The smallest absolute Gasteiger partial charge is 0.137 e. The van der Waals surface area contributed by atoms with Gasteiger partial charge in [0.05, 0.1) is 0 Å². The van der Waals surface area contributed by atoms with Gasteiger partial charge in [0.1, 0.15) is 16.2 Å². The Labute approximate surface area is 115 Å². The number of anilines is 2. The van der Waals surface area contributed by atoms with Gasteiger partial charge < -0.3 is 4.90 Å². The number of aryl methyl sites for hydroxylation is 2. The zero-order chi connectivity index (χ0) is 12.5. The van der Waals surface area contributed by atoms with E-state index in [1.165, 1.54) is 11.3 Å². The number of halogens is 1. The van der Waals surface area contributed by atoms with Crippen molar-refractivity contribution in [1.82, 2.24) is 9.97 Å². The van der Waals surface area contributed by atoms with Gasteiger partial charge in [-0.2, -0.15) is 0 Å². The lowest BCUT2D eigenvalue weighted by Crippen LogP contribution is -2.25. The highest BCUT2D eigenvalue weighted by Crippen LogP contribution is 2.32. The number of para-hydroxylation sites is 1. The van der Waals surface area contributed by atoms with Gasteiger partial charge in [0.15, 0.2) is 0 Å². The van der Waals surface area contributed by atoms with Crippen molar-refractivity contribution in [2.24, 2.45) is 0 Å². The van der Waals surface area contributed by atoms with Crippen molar-refractivity contribution in [3.8, 4) is 0 Å². The Bertz CT molecular complexity index is 563. The lowest BCUT2D eigenvalue weighted by molar-refractivity contribution is 0.756. The van der Waals surface area contributed by atoms with E-state index in [-0.39, 0.29) is 0 Å². The molecule has 0 saturated carbocycles. The van der Waals surface area contributed by atoms with Crippen LogP contribution < -0.4 is 4.90 Å². The molecule has 0 atom stereocenters. The van der Waals surface area contributed by atoms with E-state index in [1.807, 2.05) is 13.0 Å². The Kier molecular flexibility index (Phi) is 3.04. The standard InChI is InChI=1S/C14H14BrN3/c1-10-16-13(15)9-14(17-10)18-8-4-6-11-5-2-3-7-12(11)18/h2-3,5,7,9H,4,6,8H2,1H3. The van der Waals surface area contributed by atoms with Crippen molar-refractivity contribution in [1.29, 1.82) is 0 Å². The third kappa shape index (κ3) is 2.12. The average molecular weight is 304 g/mol. The molecule has 1 aliphatic rings. The SMILES string of the molecule is Cc1nc(Br)cc(N2CCCc3ccccc32)n1. The van der Waals surface area contributed by atoms with Crippen LogP contribution in [-0.4, -0.2) is 16.5 Å². The highest BCUT2D eigenvalue weighted by atomic mass is 79.9. The van der Waals surface area contributed by atoms with E-state index in [2.05, 4.69) is 55.1 Å². The molecule has 1 aromatic carbocycles. The Balaban J connectivity index is 2.08. The monoisotopic (exact) mass is 303 g/mol. The van der Waals surface area contributed by atoms with Crippen molar-refractivity contribution in [3.63, 3.8) is 0 Å². The first-order valence-corrected chi connectivity index (χ1v) is 6.90. The third-order valence-corrected chi connectivity index (χ3v) is 3.59. The van der Waals surface area contributed by atoms with Crippen molar-refractivity contribution in [2.45, 2.75) is 19.8 Å². The molecule has 0 fully saturated rings. The molecular formula is C14H14BrN3. The van der Waals surface area contributed by atoms with Gasteiger partial charge >= 0.3 is 0 Å². The van der Waals surface area contributed by atoms with Crippen LogP contribution in [0.3, 0.4) is 0 Å². The molecule has 1 aromatic heterocycles. The van der Waals surface area contributed by atoms with Gasteiger partial charge in [-0.25, -0.2) is 9.97 Å². The molecule has 0 radical (unpaired) electrons. The average Bonchev–Trinajstić information content (AvgIpc) is 2.37. The molecular weight excluding hydrogens is 290 g/mol. The summed E-state index contributed by atoms with van der Waals surface area (Å²) in [5.74, 6) is 1.77. The minimum atomic E-state index is 0.794. The molecule has 92 valence electrons. The normalized spacial score (nSPS) is 14.4. The fourth-order valence-electron chi connectivity index (χ4n) is 2.43. The molecule has 2 heterocycles. The van der Waals surface area contributed by atoms with Crippen LogP contribution in [0.25, 0.3) is 0 Å². The second kappa shape index (κ2) is 4.69. The minimum absolute atomic E-state index is 0.794. The number of benzene rings is 1. The Morgan fingerprint density at radius 2 is 2.06 bits per heavy atom. The van der Waals surface area contributed by atoms with Gasteiger partial charge in [0.25, 0.3) is 0 Å². The van der Waals surface area contributed by atoms with E-state index in [0.717, 1.165) is 35.6 Å². The van der Waals surface area contributed by atoms with E-state index < -0.39 is 0 Å². The molecule has 1 aliphatic heterocycles. The topological polar surface area (TPSA) is 29.0 Å². The van der Waals surface area contributed by atoms with Crippen LogP contribution in [0, 0.1) is 6.92 Å². The summed E-state index contributed by atoms with van der Waals surface area (Å²) >= 11 is 3.44. The molecule has 0 N–H and O–H groups in total. The van der Waals surface area contributed by atoms with Crippen molar-refractivity contribution in [2.75, 3.05) is 11.4 Å². The molecule has 0 unspecified atom stereocenters. The van der Waals surface area contributed by atoms with E-state index >= 15 is 0 Å². The van der Waals surface area contributed by atoms with Crippen molar-refractivity contribution >= 4 is 27.4 Å². The fourth-order valence-corrected chi connectivity index (χ4v) is 2.89. The summed E-state index contributed by atoms with van der Waals surface area (Å²) in [7, 11) is 0. The van der Waals surface area contributed by atoms with Crippen molar-refractivity contribution in [3.05, 3.63) is 46.3 Å². The minimum Gasteiger partial charge on any atom is -0.326 e. The van der Waals surface area contributed by atoms with Gasteiger partial charge in [0, 0.05) is 18.3 Å². The summed E-state index contributed by atoms with van der Waals surface area (Å²) in [5, 5.41) is 0. The maximum absolute atomic E-state index is 4.54. The zero-order valence-electron chi connectivity index (χ0n) is 10.2. The van der Waals surface area contributed by atoms with Crippen LogP contribution >= 0.6 is 15.9 Å². The zero-order valence-corrected chi connectivity index (χ0v) is 11.8. The summed E-state index contributed by atoms with van der Waals surface area (Å²) in [4.78, 5) is 11.1. The van der Waals surface area contributed by atoms with Gasteiger partial charge in [-0.3, -0.25) is 0 Å². The number of aromatic nitrogens is 2. The summed E-state index contributed by atoms with van der Waals surface area (Å²) in [6.45, 7) is 2.93. The van der Waals surface area contributed by atoms with Gasteiger partial charge in [-0.1, -0.05) is 18.2 Å². The number of fused-ring (bicyclic) bond motifs is 1. The first kappa shape index (κ1) is 11.7. The molecule has 3 nitrogen and oxygen atoms in total. The molecule has 0 spiro atoms. The summed E-state index contributed by atoms with van der Waals surface area (Å²) in [6.07, 6.45) is 2.32. The van der Waals surface area contributed by atoms with Gasteiger partial charge in [-0.15, -0.1) is 0 Å². The molecule has 0 amide bonds. The first-order chi connectivity index (χ1) is 8.74. The number of nitrogens with zero attached hydrogens (tertiary/aromatic N) is 3. The predicted octanol–water partition coefficient (Wildman–Crippen LogP) is 3.63. The summed E-state index contributed by atoms with van der Waals surface area (Å²) < 4.78 is 0.841. The fraction of sp³-hybridized carbons (Fsp3) is 0.286. The molecule has 0 bridgehead atoms. The van der Waals surface area contributed by atoms with E-state index in [1.54, 1.807) is 0 Å². The predicted molar refractivity (Wildman–Crippen MR) is 76.2 cm³/mol. The molecule has 18 heavy (non-hydrogen) atoms. The maximum Gasteiger partial charge on any atom is 0.137 e. The highest BCUT2D eigenvalue weighted by Gasteiger charge is 2.19. The van der Waals surface area contributed by atoms with Crippen LogP contribution in [0.2, 0.25) is 0 Å². The second-order valence-corrected chi connectivity index (χ2v) is 5.29. The van der Waals surface area contributed by atoms with Crippen molar-refractivity contribution < 1.29 is 0 Å². The van der Waals surface area contributed by atoms with E-state index in [4.69, 9.17) is 0 Å². The van der Waals surface area contributed by atoms with Crippen LogP contribution in [0.4, 0.5) is 11.5 Å². The molecule has 0 aliphatic carbocycles. The summed E-state index contributed by atoms with van der Waals surface area (Å²) in [5.41, 5.74) is 2.67. The van der Waals surface area contributed by atoms with Crippen LogP contribution in [0.5, 0.6) is 0 Å². The van der Waals surface area contributed by atoms with Gasteiger partial charge in [0.2, 0.25) is 0 Å². The summed E-state index contributed by atoms with van der Waals surface area (Å²) in [6, 6.07) is 10.5. The molecule has 2 aromatic rings. The molecule has 0 saturated heterocycles. The Hall–Kier alpha value is -1.42. The first-order valence-electron chi connectivity index (χ1n) is 6.11. The quantitative estimate of drug-likeness (QED) is 0.753. The second-order valence-electron chi connectivity index (χ2n) is 4.48. The third-order valence-electron chi connectivity index (χ3n) is 3.18. The van der Waals surface area contributed by atoms with Crippen LogP contribution in [-0.2, 0) is 6.42 Å². The van der Waals surface area contributed by atoms with Gasteiger partial charge in [-0.05, 0) is 47.3 Å². The number of hydrogen-bond acceptors (Lipinski definition) is 3. The Morgan fingerprint density at radius 3 is 2.89 bits per heavy atom. The number of hydrogen-bond donors (Lipinski definition) is 0. The lowest BCUT2D eigenvalue weighted by Gasteiger charge is -2.30. The van der Waals surface area contributed by atoms with E-state index in [0.29, 0.717) is 0 Å². The molecule has 4 heteroatoms. The molecule has 3 rings (SSSR count). The van der Waals surface area contributed by atoms with Crippen LogP contribution in [0.15, 0.2) is 34.9 Å². The lowest BCUT2D eigenvalue weighted by atomic mass is 10.0. The highest BCUT2D eigenvalue weighted by molar-refractivity contribution is 9.10.